The highest BCUT2D eigenvalue weighted by Gasteiger charge is 2.28. The monoisotopic (exact) mass is 405 g/mol. The van der Waals surface area contributed by atoms with Crippen LogP contribution in [-0.2, 0) is 16.4 Å². The zero-order valence-electron chi connectivity index (χ0n) is 15.8. The molecule has 150 valence electrons. The van der Waals surface area contributed by atoms with Gasteiger partial charge in [0.1, 0.15) is 0 Å². The van der Waals surface area contributed by atoms with Gasteiger partial charge in [0.05, 0.1) is 31.3 Å². The van der Waals surface area contributed by atoms with Crippen LogP contribution in [0.4, 0.5) is 16.2 Å². The number of carbonyl (C=O) groups is 1. The first-order valence-electron chi connectivity index (χ1n) is 8.80. The van der Waals surface area contributed by atoms with Crippen molar-refractivity contribution in [2.75, 3.05) is 42.7 Å². The topological polar surface area (TPSA) is 97.0 Å². The van der Waals surface area contributed by atoms with Crippen LogP contribution in [0.1, 0.15) is 5.56 Å². The number of nitrogens with one attached hydrogen (secondary N) is 2. The number of ether oxygens (including phenoxy) is 2. The molecule has 2 N–H and O–H groups in total. The Kier molecular flexibility index (Phi) is 5.93. The minimum Gasteiger partial charge on any atom is -0.493 e. The van der Waals surface area contributed by atoms with E-state index in [9.17, 15) is 13.2 Å². The van der Waals surface area contributed by atoms with Crippen LogP contribution in [0, 0.1) is 0 Å². The maximum Gasteiger partial charge on any atom is 0.319 e. The molecule has 0 unspecified atom stereocenters. The van der Waals surface area contributed by atoms with Crippen molar-refractivity contribution in [3.63, 3.8) is 0 Å². The summed E-state index contributed by atoms with van der Waals surface area (Å²) in [6.45, 7) is 0.411. The predicted octanol–water partition coefficient (Wildman–Crippen LogP) is 2.22. The van der Waals surface area contributed by atoms with E-state index in [2.05, 4.69) is 10.6 Å². The minimum absolute atomic E-state index is 0.0148. The summed E-state index contributed by atoms with van der Waals surface area (Å²) >= 11 is 0. The SMILES string of the molecule is COc1cccc(NC(=O)NCCS(=O)(=O)N2CCc3ccccc32)c1OC. The maximum absolute atomic E-state index is 12.6. The Bertz CT molecular complexity index is 962. The third-order valence-corrected chi connectivity index (χ3v) is 6.25. The molecular weight excluding hydrogens is 382 g/mol. The van der Waals surface area contributed by atoms with Crippen LogP contribution in [0.15, 0.2) is 42.5 Å². The molecule has 0 saturated heterocycles. The Morgan fingerprint density at radius 2 is 1.89 bits per heavy atom. The second-order valence-corrected chi connectivity index (χ2v) is 8.20. The van der Waals surface area contributed by atoms with Crippen molar-refractivity contribution in [2.45, 2.75) is 6.42 Å². The van der Waals surface area contributed by atoms with Crippen LogP contribution >= 0.6 is 0 Å². The highest BCUT2D eigenvalue weighted by molar-refractivity contribution is 7.92. The summed E-state index contributed by atoms with van der Waals surface area (Å²) in [5, 5.41) is 5.22. The van der Waals surface area contributed by atoms with Crippen molar-refractivity contribution in [1.82, 2.24) is 5.32 Å². The van der Waals surface area contributed by atoms with Crippen LogP contribution in [0.5, 0.6) is 11.5 Å². The van der Waals surface area contributed by atoms with E-state index in [-0.39, 0.29) is 12.3 Å². The van der Waals surface area contributed by atoms with Crippen molar-refractivity contribution in [3.05, 3.63) is 48.0 Å². The Balaban J connectivity index is 1.58. The zero-order chi connectivity index (χ0) is 20.1. The second-order valence-electron chi connectivity index (χ2n) is 6.19. The Labute approximate surface area is 164 Å². The largest absolute Gasteiger partial charge is 0.493 e. The number of para-hydroxylation sites is 2. The summed E-state index contributed by atoms with van der Waals surface area (Å²) in [5.74, 6) is 0.682. The van der Waals surface area contributed by atoms with E-state index in [1.165, 1.54) is 18.5 Å². The van der Waals surface area contributed by atoms with E-state index in [0.29, 0.717) is 35.8 Å². The molecule has 0 aliphatic carbocycles. The van der Waals surface area contributed by atoms with Crippen molar-refractivity contribution in [2.24, 2.45) is 0 Å². The van der Waals surface area contributed by atoms with E-state index in [4.69, 9.17) is 9.47 Å². The summed E-state index contributed by atoms with van der Waals surface area (Å²) in [5.41, 5.74) is 2.16. The van der Waals surface area contributed by atoms with Gasteiger partial charge in [-0.15, -0.1) is 0 Å². The summed E-state index contributed by atoms with van der Waals surface area (Å²) in [7, 11) is -0.543. The van der Waals surface area contributed by atoms with Gasteiger partial charge in [0.2, 0.25) is 10.0 Å². The lowest BCUT2D eigenvalue weighted by Gasteiger charge is -2.19. The molecule has 1 aliphatic rings. The molecule has 28 heavy (non-hydrogen) atoms. The molecule has 0 fully saturated rings. The van der Waals surface area contributed by atoms with Gasteiger partial charge in [-0.25, -0.2) is 13.2 Å². The fourth-order valence-corrected chi connectivity index (χ4v) is 4.58. The number of urea groups is 1. The molecular formula is C19H23N3O5S. The average Bonchev–Trinajstić information content (AvgIpc) is 3.12. The minimum atomic E-state index is -3.52. The number of carbonyl (C=O) groups excluding carboxylic acids is 1. The Morgan fingerprint density at radius 3 is 2.64 bits per heavy atom. The molecule has 2 aromatic rings. The summed E-state index contributed by atoms with van der Waals surface area (Å²) < 4.78 is 37.1. The first-order chi connectivity index (χ1) is 13.5. The second kappa shape index (κ2) is 8.39. The van der Waals surface area contributed by atoms with Crippen molar-refractivity contribution < 1.29 is 22.7 Å². The molecule has 0 aromatic heterocycles. The fraction of sp³-hybridized carbons (Fsp3) is 0.316. The molecule has 2 amide bonds. The van der Waals surface area contributed by atoms with Gasteiger partial charge in [0, 0.05) is 13.1 Å². The van der Waals surface area contributed by atoms with Crippen molar-refractivity contribution in [3.8, 4) is 11.5 Å². The van der Waals surface area contributed by atoms with Gasteiger partial charge in [-0.1, -0.05) is 24.3 Å². The number of hydrogen-bond donors (Lipinski definition) is 2. The van der Waals surface area contributed by atoms with E-state index < -0.39 is 16.1 Å². The molecule has 0 atom stereocenters. The lowest BCUT2D eigenvalue weighted by molar-refractivity contribution is 0.252. The molecule has 1 aliphatic heterocycles. The van der Waals surface area contributed by atoms with Crippen molar-refractivity contribution in [1.29, 1.82) is 0 Å². The first kappa shape index (κ1) is 19.8. The highest BCUT2D eigenvalue weighted by Crippen LogP contribution is 2.34. The van der Waals surface area contributed by atoms with E-state index in [1.807, 2.05) is 18.2 Å². The van der Waals surface area contributed by atoms with Crippen LogP contribution in [-0.4, -0.2) is 47.5 Å². The van der Waals surface area contributed by atoms with Gasteiger partial charge in [0.25, 0.3) is 0 Å². The summed E-state index contributed by atoms with van der Waals surface area (Å²) in [4.78, 5) is 12.2. The van der Waals surface area contributed by atoms with Crippen LogP contribution in [0.2, 0.25) is 0 Å². The van der Waals surface area contributed by atoms with Gasteiger partial charge in [-0.2, -0.15) is 0 Å². The van der Waals surface area contributed by atoms with E-state index in [1.54, 1.807) is 24.3 Å². The lowest BCUT2D eigenvalue weighted by Crippen LogP contribution is -2.38. The fourth-order valence-electron chi connectivity index (χ4n) is 3.15. The molecule has 2 aromatic carbocycles. The zero-order valence-corrected chi connectivity index (χ0v) is 16.6. The third kappa shape index (κ3) is 4.14. The molecule has 3 rings (SSSR count). The Morgan fingerprint density at radius 1 is 1.11 bits per heavy atom. The van der Waals surface area contributed by atoms with Gasteiger partial charge >= 0.3 is 6.03 Å². The normalized spacial score (nSPS) is 13.0. The predicted molar refractivity (Wildman–Crippen MR) is 108 cm³/mol. The number of hydrogen-bond acceptors (Lipinski definition) is 5. The molecule has 9 heteroatoms. The van der Waals surface area contributed by atoms with Crippen LogP contribution in [0.3, 0.4) is 0 Å². The van der Waals surface area contributed by atoms with Gasteiger partial charge in [-0.3, -0.25) is 4.31 Å². The summed E-state index contributed by atoms with van der Waals surface area (Å²) in [6, 6.07) is 12.0. The average molecular weight is 405 g/mol. The number of nitrogens with zero attached hydrogens (tertiary/aromatic N) is 1. The number of amides is 2. The Hall–Kier alpha value is -2.94. The number of anilines is 2. The highest BCUT2D eigenvalue weighted by atomic mass is 32.2. The molecule has 1 heterocycles. The van der Waals surface area contributed by atoms with Gasteiger partial charge in [-0.05, 0) is 30.2 Å². The maximum atomic E-state index is 12.6. The quantitative estimate of drug-likeness (QED) is 0.736. The molecule has 0 spiro atoms. The third-order valence-electron chi connectivity index (χ3n) is 4.48. The molecule has 8 nitrogen and oxygen atoms in total. The van der Waals surface area contributed by atoms with Crippen molar-refractivity contribution >= 4 is 27.4 Å². The van der Waals surface area contributed by atoms with Crippen LogP contribution in [0.25, 0.3) is 0 Å². The lowest BCUT2D eigenvalue weighted by atomic mass is 10.2. The number of rotatable bonds is 7. The van der Waals surface area contributed by atoms with E-state index >= 15 is 0 Å². The molecule has 0 radical (unpaired) electrons. The molecule has 0 bridgehead atoms. The molecule has 0 saturated carbocycles. The summed E-state index contributed by atoms with van der Waals surface area (Å²) in [6.07, 6.45) is 0.693. The number of methoxy groups -OCH3 is 2. The van der Waals surface area contributed by atoms with Gasteiger partial charge < -0.3 is 20.1 Å². The number of fused-ring (bicyclic) bond motifs is 1. The first-order valence-corrected chi connectivity index (χ1v) is 10.4. The number of sulfonamides is 1. The smallest absolute Gasteiger partial charge is 0.319 e. The van der Waals surface area contributed by atoms with Crippen LogP contribution < -0.4 is 24.4 Å². The van der Waals surface area contributed by atoms with Gasteiger partial charge in [0.15, 0.2) is 11.5 Å². The standard InChI is InChI=1S/C19H23N3O5S/c1-26-17-9-5-7-15(18(17)27-2)21-19(23)20-11-13-28(24,25)22-12-10-14-6-3-4-8-16(14)22/h3-9H,10-13H2,1-2H3,(H2,20,21,23). The van der Waals surface area contributed by atoms with E-state index in [0.717, 1.165) is 5.56 Å². The number of benzene rings is 2.